The Kier molecular flexibility index (Phi) is 2.61. The molecule has 0 bridgehead atoms. The van der Waals surface area contributed by atoms with Crippen molar-refractivity contribution in [2.45, 2.75) is 6.54 Å². The van der Waals surface area contributed by atoms with Crippen LogP contribution in [0.1, 0.15) is 5.82 Å². The molecule has 0 aliphatic carbocycles. The van der Waals surface area contributed by atoms with Crippen LogP contribution >= 0.6 is 11.6 Å². The van der Waals surface area contributed by atoms with Crippen LogP contribution < -0.4 is 5.73 Å². The van der Waals surface area contributed by atoms with Gasteiger partial charge < -0.3 is 5.73 Å². The number of aromatic nitrogens is 4. The fourth-order valence-corrected chi connectivity index (χ4v) is 1.27. The zero-order chi connectivity index (χ0) is 10.8. The van der Waals surface area contributed by atoms with E-state index in [1.165, 1.54) is 16.8 Å². The lowest BCUT2D eigenvalue weighted by molar-refractivity contribution is 0.624. The molecule has 0 aliphatic rings. The number of tetrazole rings is 1. The highest BCUT2D eigenvalue weighted by atomic mass is 35.5. The molecule has 1 aromatic carbocycles. The lowest BCUT2D eigenvalue weighted by Crippen LogP contribution is -2.08. The molecule has 78 valence electrons. The van der Waals surface area contributed by atoms with Gasteiger partial charge in [0.1, 0.15) is 5.82 Å². The number of benzene rings is 1. The molecule has 0 aliphatic heterocycles. The molecule has 15 heavy (non-hydrogen) atoms. The molecule has 0 atom stereocenters. The van der Waals surface area contributed by atoms with Crippen molar-refractivity contribution in [1.29, 1.82) is 0 Å². The maximum Gasteiger partial charge on any atom is 0.170 e. The normalized spacial score (nSPS) is 10.6. The van der Waals surface area contributed by atoms with E-state index in [1.807, 2.05) is 0 Å². The van der Waals surface area contributed by atoms with E-state index >= 15 is 0 Å². The first-order valence-corrected chi connectivity index (χ1v) is 4.53. The van der Waals surface area contributed by atoms with Crippen molar-refractivity contribution in [3.8, 4) is 5.69 Å². The Morgan fingerprint density at radius 1 is 1.47 bits per heavy atom. The molecule has 7 heteroatoms. The molecule has 0 saturated carbocycles. The van der Waals surface area contributed by atoms with Crippen LogP contribution in [0.25, 0.3) is 5.69 Å². The monoisotopic (exact) mass is 227 g/mol. The molecule has 5 nitrogen and oxygen atoms in total. The second-order valence-corrected chi connectivity index (χ2v) is 3.22. The Morgan fingerprint density at radius 3 is 2.93 bits per heavy atom. The van der Waals surface area contributed by atoms with E-state index < -0.39 is 5.82 Å². The smallest absolute Gasteiger partial charge is 0.170 e. The van der Waals surface area contributed by atoms with Gasteiger partial charge in [0.2, 0.25) is 0 Å². The van der Waals surface area contributed by atoms with Gasteiger partial charge in [-0.3, -0.25) is 0 Å². The SMILES string of the molecule is NCc1nnnn1-c1ccc(Cl)c(F)c1. The van der Waals surface area contributed by atoms with Gasteiger partial charge in [-0.25, -0.2) is 4.39 Å². The van der Waals surface area contributed by atoms with Gasteiger partial charge in [0.25, 0.3) is 0 Å². The summed E-state index contributed by atoms with van der Waals surface area (Å²) < 4.78 is 14.5. The Morgan fingerprint density at radius 2 is 2.27 bits per heavy atom. The maximum absolute atomic E-state index is 13.2. The molecule has 0 spiro atoms. The van der Waals surface area contributed by atoms with Crippen LogP contribution in [0.2, 0.25) is 5.02 Å². The highest BCUT2D eigenvalue weighted by Crippen LogP contribution is 2.17. The predicted octanol–water partition coefficient (Wildman–Crippen LogP) is 0.914. The highest BCUT2D eigenvalue weighted by molar-refractivity contribution is 6.30. The Hall–Kier alpha value is -1.53. The molecule has 1 heterocycles. The highest BCUT2D eigenvalue weighted by Gasteiger charge is 2.08. The van der Waals surface area contributed by atoms with Crippen molar-refractivity contribution >= 4 is 11.6 Å². The van der Waals surface area contributed by atoms with Crippen LogP contribution in [0, 0.1) is 5.82 Å². The summed E-state index contributed by atoms with van der Waals surface area (Å²) >= 11 is 5.56. The summed E-state index contributed by atoms with van der Waals surface area (Å²) in [7, 11) is 0. The number of nitrogens with zero attached hydrogens (tertiary/aromatic N) is 4. The predicted molar refractivity (Wildman–Crippen MR) is 52.0 cm³/mol. The fourth-order valence-electron chi connectivity index (χ4n) is 1.15. The van der Waals surface area contributed by atoms with Crippen molar-refractivity contribution in [2.75, 3.05) is 0 Å². The minimum atomic E-state index is -0.521. The molecular formula is C8H7ClFN5. The number of hydrogen-bond donors (Lipinski definition) is 1. The van der Waals surface area contributed by atoms with Crippen LogP contribution in [-0.2, 0) is 6.54 Å². The van der Waals surface area contributed by atoms with Gasteiger partial charge >= 0.3 is 0 Å². The topological polar surface area (TPSA) is 69.6 Å². The van der Waals surface area contributed by atoms with Crippen molar-refractivity contribution in [3.05, 3.63) is 34.9 Å². The molecule has 0 radical (unpaired) electrons. The first-order chi connectivity index (χ1) is 7.22. The first-order valence-electron chi connectivity index (χ1n) is 4.15. The number of hydrogen-bond acceptors (Lipinski definition) is 4. The summed E-state index contributed by atoms with van der Waals surface area (Å²) in [4.78, 5) is 0. The first kappa shape index (κ1) is 10.0. The van der Waals surface area contributed by atoms with Gasteiger partial charge in [0.15, 0.2) is 5.82 Å². The van der Waals surface area contributed by atoms with Gasteiger partial charge in [0.05, 0.1) is 17.3 Å². The molecule has 2 aromatic rings. The molecule has 0 amide bonds. The average Bonchev–Trinajstić information content (AvgIpc) is 2.70. The van der Waals surface area contributed by atoms with Gasteiger partial charge in [-0.2, -0.15) is 4.68 Å². The van der Waals surface area contributed by atoms with Gasteiger partial charge in [-0.15, -0.1) is 5.10 Å². The Balaban J connectivity index is 2.50. The summed E-state index contributed by atoms with van der Waals surface area (Å²) in [6, 6.07) is 4.30. The third-order valence-corrected chi connectivity index (χ3v) is 2.17. The molecule has 0 fully saturated rings. The third kappa shape index (κ3) is 1.81. The largest absolute Gasteiger partial charge is 0.324 e. The third-order valence-electron chi connectivity index (χ3n) is 1.86. The molecule has 2 N–H and O–H groups in total. The van der Waals surface area contributed by atoms with Crippen molar-refractivity contribution in [2.24, 2.45) is 5.73 Å². The summed E-state index contributed by atoms with van der Waals surface area (Å²) in [5.74, 6) is -0.0654. The molecule has 1 aromatic heterocycles. The van der Waals surface area contributed by atoms with E-state index in [4.69, 9.17) is 17.3 Å². The van der Waals surface area contributed by atoms with Crippen LogP contribution in [-0.4, -0.2) is 20.2 Å². The van der Waals surface area contributed by atoms with Gasteiger partial charge in [0, 0.05) is 6.07 Å². The molecule has 0 saturated heterocycles. The van der Waals surface area contributed by atoms with Crippen molar-refractivity contribution in [3.63, 3.8) is 0 Å². The van der Waals surface area contributed by atoms with E-state index in [2.05, 4.69) is 15.5 Å². The lowest BCUT2D eigenvalue weighted by Gasteiger charge is -2.03. The Bertz CT molecular complexity index is 484. The number of halogens is 2. The lowest BCUT2D eigenvalue weighted by atomic mass is 10.3. The summed E-state index contributed by atoms with van der Waals surface area (Å²) in [6.07, 6.45) is 0. The molecular weight excluding hydrogens is 221 g/mol. The Labute approximate surface area is 89.6 Å². The van der Waals surface area contributed by atoms with Crippen LogP contribution in [0.4, 0.5) is 4.39 Å². The summed E-state index contributed by atoms with van der Waals surface area (Å²) in [5.41, 5.74) is 5.91. The zero-order valence-corrected chi connectivity index (χ0v) is 8.32. The quantitative estimate of drug-likeness (QED) is 0.828. The van der Waals surface area contributed by atoms with E-state index in [0.29, 0.717) is 11.5 Å². The maximum atomic E-state index is 13.2. The second kappa shape index (κ2) is 3.92. The van der Waals surface area contributed by atoms with E-state index in [1.54, 1.807) is 6.07 Å². The summed E-state index contributed by atoms with van der Waals surface area (Å²) in [5, 5.41) is 10.9. The molecule has 2 rings (SSSR count). The zero-order valence-electron chi connectivity index (χ0n) is 7.56. The van der Waals surface area contributed by atoms with Crippen LogP contribution in [0.3, 0.4) is 0 Å². The number of nitrogens with two attached hydrogens (primary N) is 1. The minimum absolute atomic E-state index is 0.0566. The second-order valence-electron chi connectivity index (χ2n) is 2.81. The minimum Gasteiger partial charge on any atom is -0.324 e. The number of rotatable bonds is 2. The van der Waals surface area contributed by atoms with Crippen molar-refractivity contribution in [1.82, 2.24) is 20.2 Å². The van der Waals surface area contributed by atoms with Gasteiger partial charge in [-0.1, -0.05) is 11.6 Å². The van der Waals surface area contributed by atoms with E-state index in [0.717, 1.165) is 0 Å². The van der Waals surface area contributed by atoms with Crippen molar-refractivity contribution < 1.29 is 4.39 Å². The van der Waals surface area contributed by atoms with E-state index in [-0.39, 0.29) is 11.6 Å². The van der Waals surface area contributed by atoms with Gasteiger partial charge in [-0.05, 0) is 22.6 Å². The fraction of sp³-hybridized carbons (Fsp3) is 0.125. The molecule has 0 unspecified atom stereocenters. The standard InChI is InChI=1S/C8H7ClFN5/c9-6-2-1-5(3-7(6)10)15-8(4-11)12-13-14-15/h1-3H,4,11H2. The summed E-state index contributed by atoms with van der Waals surface area (Å²) in [6.45, 7) is 0.178. The van der Waals surface area contributed by atoms with Crippen LogP contribution in [0.5, 0.6) is 0 Å². The van der Waals surface area contributed by atoms with Crippen LogP contribution in [0.15, 0.2) is 18.2 Å². The average molecular weight is 228 g/mol. The van der Waals surface area contributed by atoms with E-state index in [9.17, 15) is 4.39 Å².